The van der Waals surface area contributed by atoms with Gasteiger partial charge in [-0.2, -0.15) is 0 Å². The van der Waals surface area contributed by atoms with Crippen LogP contribution in [0.4, 0.5) is 5.69 Å². The van der Waals surface area contributed by atoms with Gasteiger partial charge < -0.3 is 5.11 Å². The number of aliphatic carboxylic acids is 1. The molecule has 1 unspecified atom stereocenters. The molecule has 0 amide bonds. The Morgan fingerprint density at radius 3 is 2.75 bits per heavy atom. The number of hydrogen-bond donors (Lipinski definition) is 1. The van der Waals surface area contributed by atoms with E-state index in [1.54, 1.807) is 31.2 Å². The van der Waals surface area contributed by atoms with Gasteiger partial charge in [-0.1, -0.05) is 18.2 Å². The van der Waals surface area contributed by atoms with Crippen LogP contribution < -0.4 is 0 Å². The van der Waals surface area contributed by atoms with Crippen molar-refractivity contribution in [3.63, 3.8) is 0 Å². The summed E-state index contributed by atoms with van der Waals surface area (Å²) < 4.78 is 0. The van der Waals surface area contributed by atoms with Gasteiger partial charge in [0.1, 0.15) is 0 Å². The van der Waals surface area contributed by atoms with Crippen molar-refractivity contribution in [2.45, 2.75) is 19.3 Å². The molecule has 0 aliphatic carbocycles. The van der Waals surface area contributed by atoms with Crippen molar-refractivity contribution >= 4 is 23.0 Å². The van der Waals surface area contributed by atoms with E-state index in [2.05, 4.69) is 0 Å². The molecule has 20 heavy (non-hydrogen) atoms. The van der Waals surface area contributed by atoms with Gasteiger partial charge in [0, 0.05) is 16.5 Å². The Morgan fingerprint density at radius 2 is 2.20 bits per heavy atom. The molecule has 0 saturated carbocycles. The molecule has 2 aromatic rings. The second kappa shape index (κ2) is 5.83. The van der Waals surface area contributed by atoms with Crippen molar-refractivity contribution in [3.05, 3.63) is 61.8 Å². The monoisotopic (exact) mass is 291 g/mol. The van der Waals surface area contributed by atoms with Crippen LogP contribution >= 0.6 is 11.3 Å². The third-order valence-corrected chi connectivity index (χ3v) is 4.08. The van der Waals surface area contributed by atoms with E-state index >= 15 is 0 Å². The standard InChI is InChI=1S/C14H13NO4S/c1-9-4-5-10(8-12(9)15(18)19)7-11(14(16)17)13-3-2-6-20-13/h2-6,8,11H,7H2,1H3,(H,16,17). The predicted octanol–water partition coefficient (Wildman–Crippen LogP) is 3.38. The SMILES string of the molecule is Cc1ccc(CC(C(=O)O)c2cccs2)cc1[N+](=O)[O-]. The molecule has 1 N–H and O–H groups in total. The largest absolute Gasteiger partial charge is 0.481 e. The lowest BCUT2D eigenvalue weighted by Gasteiger charge is -2.11. The smallest absolute Gasteiger partial charge is 0.312 e. The molecule has 0 aliphatic heterocycles. The summed E-state index contributed by atoms with van der Waals surface area (Å²) in [6.07, 6.45) is 0.247. The molecule has 2 rings (SSSR count). The fourth-order valence-corrected chi connectivity index (χ4v) is 2.83. The van der Waals surface area contributed by atoms with Gasteiger partial charge in [-0.25, -0.2) is 0 Å². The minimum absolute atomic E-state index is 0.0258. The normalized spacial score (nSPS) is 12.1. The minimum Gasteiger partial charge on any atom is -0.481 e. The highest BCUT2D eigenvalue weighted by Crippen LogP contribution is 2.28. The van der Waals surface area contributed by atoms with Gasteiger partial charge in [0.05, 0.1) is 10.8 Å². The Balaban J connectivity index is 2.30. The number of nitro benzene ring substituents is 1. The molecular formula is C14H13NO4S. The molecule has 0 fully saturated rings. The maximum absolute atomic E-state index is 11.4. The molecule has 1 aromatic carbocycles. The minimum atomic E-state index is -0.921. The number of aryl methyl sites for hydroxylation is 1. The summed E-state index contributed by atoms with van der Waals surface area (Å²) in [5, 5.41) is 22.0. The zero-order valence-corrected chi connectivity index (χ0v) is 11.6. The summed E-state index contributed by atoms with van der Waals surface area (Å²) in [5.41, 5.74) is 1.25. The van der Waals surface area contributed by atoms with Crippen LogP contribution in [0.3, 0.4) is 0 Å². The maximum Gasteiger partial charge on any atom is 0.312 e. The first-order chi connectivity index (χ1) is 9.49. The number of carbonyl (C=O) groups is 1. The van der Waals surface area contributed by atoms with Crippen LogP contribution in [-0.4, -0.2) is 16.0 Å². The summed E-state index contributed by atoms with van der Waals surface area (Å²) in [6.45, 7) is 1.66. The molecule has 5 nitrogen and oxygen atoms in total. The number of nitro groups is 1. The second-order valence-corrected chi connectivity index (χ2v) is 5.47. The highest BCUT2D eigenvalue weighted by atomic mass is 32.1. The Morgan fingerprint density at radius 1 is 1.45 bits per heavy atom. The number of benzene rings is 1. The number of nitrogens with zero attached hydrogens (tertiary/aromatic N) is 1. The average molecular weight is 291 g/mol. The van der Waals surface area contributed by atoms with Crippen molar-refractivity contribution in [2.75, 3.05) is 0 Å². The highest BCUT2D eigenvalue weighted by molar-refractivity contribution is 7.10. The molecule has 1 atom stereocenters. The Labute approximate surface area is 119 Å². The quantitative estimate of drug-likeness (QED) is 0.676. The third kappa shape index (κ3) is 3.03. The third-order valence-electron chi connectivity index (χ3n) is 3.09. The first-order valence-electron chi connectivity index (χ1n) is 5.99. The molecule has 0 bridgehead atoms. The van der Waals surface area contributed by atoms with Crippen molar-refractivity contribution < 1.29 is 14.8 Å². The zero-order chi connectivity index (χ0) is 14.7. The predicted molar refractivity (Wildman–Crippen MR) is 76.2 cm³/mol. The van der Waals surface area contributed by atoms with Crippen LogP contribution in [0.25, 0.3) is 0 Å². The summed E-state index contributed by atoms with van der Waals surface area (Å²) in [5.74, 6) is -1.59. The number of thiophene rings is 1. The van der Waals surface area contributed by atoms with E-state index in [-0.39, 0.29) is 12.1 Å². The average Bonchev–Trinajstić information content (AvgIpc) is 2.90. The Kier molecular flexibility index (Phi) is 4.14. The van der Waals surface area contributed by atoms with Crippen LogP contribution in [0.5, 0.6) is 0 Å². The number of rotatable bonds is 5. The fraction of sp³-hybridized carbons (Fsp3) is 0.214. The van der Waals surface area contributed by atoms with E-state index in [4.69, 9.17) is 0 Å². The number of carboxylic acids is 1. The molecule has 0 spiro atoms. The zero-order valence-electron chi connectivity index (χ0n) is 10.8. The van der Waals surface area contributed by atoms with E-state index in [1.165, 1.54) is 17.4 Å². The molecule has 6 heteroatoms. The van der Waals surface area contributed by atoms with Gasteiger partial charge in [-0.05, 0) is 30.4 Å². The first-order valence-corrected chi connectivity index (χ1v) is 6.87. The summed E-state index contributed by atoms with van der Waals surface area (Å²) in [6, 6.07) is 8.42. The Hall–Kier alpha value is -2.21. The van der Waals surface area contributed by atoms with Gasteiger partial charge >= 0.3 is 5.97 Å². The molecule has 0 aliphatic rings. The summed E-state index contributed by atoms with van der Waals surface area (Å²) in [4.78, 5) is 22.6. The van der Waals surface area contributed by atoms with Crippen LogP contribution in [0, 0.1) is 17.0 Å². The van der Waals surface area contributed by atoms with Crippen LogP contribution in [0.2, 0.25) is 0 Å². The molecule has 1 heterocycles. The number of carboxylic acid groups (broad SMARTS) is 1. The van der Waals surface area contributed by atoms with Crippen molar-refractivity contribution in [1.29, 1.82) is 0 Å². The van der Waals surface area contributed by atoms with Gasteiger partial charge in [-0.15, -0.1) is 11.3 Å². The Bertz CT molecular complexity index is 637. The number of hydrogen-bond acceptors (Lipinski definition) is 4. The lowest BCUT2D eigenvalue weighted by atomic mass is 9.96. The molecular weight excluding hydrogens is 278 g/mol. The van der Waals surface area contributed by atoms with Gasteiger partial charge in [0.25, 0.3) is 5.69 Å². The van der Waals surface area contributed by atoms with Gasteiger partial charge in [0.2, 0.25) is 0 Å². The van der Waals surface area contributed by atoms with Crippen molar-refractivity contribution in [2.24, 2.45) is 0 Å². The second-order valence-electron chi connectivity index (χ2n) is 4.49. The lowest BCUT2D eigenvalue weighted by molar-refractivity contribution is -0.385. The fourth-order valence-electron chi connectivity index (χ4n) is 2.01. The summed E-state index contributed by atoms with van der Waals surface area (Å²) >= 11 is 1.38. The highest BCUT2D eigenvalue weighted by Gasteiger charge is 2.22. The topological polar surface area (TPSA) is 80.4 Å². The summed E-state index contributed by atoms with van der Waals surface area (Å²) in [7, 11) is 0. The van der Waals surface area contributed by atoms with Crippen molar-refractivity contribution in [1.82, 2.24) is 0 Å². The van der Waals surface area contributed by atoms with E-state index in [9.17, 15) is 20.0 Å². The molecule has 0 radical (unpaired) electrons. The van der Waals surface area contributed by atoms with E-state index in [0.29, 0.717) is 11.1 Å². The van der Waals surface area contributed by atoms with Crippen LogP contribution in [-0.2, 0) is 11.2 Å². The van der Waals surface area contributed by atoms with E-state index < -0.39 is 16.8 Å². The van der Waals surface area contributed by atoms with Crippen LogP contribution in [0.15, 0.2) is 35.7 Å². The molecule has 104 valence electrons. The molecule has 1 aromatic heterocycles. The van der Waals surface area contributed by atoms with E-state index in [0.717, 1.165) is 4.88 Å². The lowest BCUT2D eigenvalue weighted by Crippen LogP contribution is -2.13. The first kappa shape index (κ1) is 14.2. The van der Waals surface area contributed by atoms with E-state index in [1.807, 2.05) is 5.38 Å². The van der Waals surface area contributed by atoms with Gasteiger partial charge in [0.15, 0.2) is 0 Å². The molecule has 0 saturated heterocycles. The maximum atomic E-state index is 11.4. The van der Waals surface area contributed by atoms with Crippen molar-refractivity contribution in [3.8, 4) is 0 Å². The van der Waals surface area contributed by atoms with Gasteiger partial charge in [-0.3, -0.25) is 14.9 Å². The van der Waals surface area contributed by atoms with Crippen LogP contribution in [0.1, 0.15) is 21.9 Å².